The van der Waals surface area contributed by atoms with E-state index in [2.05, 4.69) is 153 Å². The second kappa shape index (κ2) is 9.79. The third-order valence-electron chi connectivity index (χ3n) is 8.66. The molecule has 0 unspecified atom stereocenters. The lowest BCUT2D eigenvalue weighted by Gasteiger charge is -2.27. The SMILES string of the molecule is c1ccc(-c2cccc(N(c3cccc(-c4ccccc4)c3)c3cc4c5ccncc5n5c6cnccc6c(c3)c45)c2)cc1. The van der Waals surface area contributed by atoms with Crippen molar-refractivity contribution < 1.29 is 0 Å². The molecule has 44 heavy (non-hydrogen) atoms. The average Bonchev–Trinajstić information content (AvgIpc) is 3.61. The summed E-state index contributed by atoms with van der Waals surface area (Å²) in [7, 11) is 0. The van der Waals surface area contributed by atoms with Gasteiger partial charge in [-0.25, -0.2) is 0 Å². The Kier molecular flexibility index (Phi) is 5.47. The summed E-state index contributed by atoms with van der Waals surface area (Å²) in [6.07, 6.45) is 7.69. The number of fused-ring (bicyclic) bond motifs is 6. The van der Waals surface area contributed by atoms with E-state index in [-0.39, 0.29) is 0 Å². The van der Waals surface area contributed by atoms with Gasteiger partial charge >= 0.3 is 0 Å². The number of anilines is 3. The Labute approximate surface area is 254 Å². The van der Waals surface area contributed by atoms with Crippen LogP contribution in [0.25, 0.3) is 60.3 Å². The van der Waals surface area contributed by atoms with Gasteiger partial charge in [0.25, 0.3) is 0 Å². The van der Waals surface area contributed by atoms with Gasteiger partial charge in [0, 0.05) is 51.0 Å². The zero-order chi connectivity index (χ0) is 29.0. The molecule has 4 heterocycles. The van der Waals surface area contributed by atoms with Crippen molar-refractivity contribution in [2.45, 2.75) is 0 Å². The van der Waals surface area contributed by atoms with Crippen LogP contribution in [0, 0.1) is 0 Å². The molecule has 0 fully saturated rings. The van der Waals surface area contributed by atoms with Crippen molar-refractivity contribution in [2.75, 3.05) is 4.90 Å². The minimum atomic E-state index is 1.09. The average molecular weight is 563 g/mol. The number of nitrogens with zero attached hydrogens (tertiary/aromatic N) is 4. The van der Waals surface area contributed by atoms with Crippen LogP contribution in [0.5, 0.6) is 0 Å². The van der Waals surface area contributed by atoms with E-state index >= 15 is 0 Å². The normalized spacial score (nSPS) is 11.6. The van der Waals surface area contributed by atoms with Gasteiger partial charge in [-0.15, -0.1) is 0 Å². The first-order chi connectivity index (χ1) is 21.8. The molecule has 0 aliphatic rings. The Morgan fingerprint density at radius 3 is 1.39 bits per heavy atom. The molecule has 0 saturated carbocycles. The van der Waals surface area contributed by atoms with Crippen LogP contribution in [0.1, 0.15) is 0 Å². The third kappa shape index (κ3) is 3.78. The first-order valence-corrected chi connectivity index (χ1v) is 14.8. The maximum absolute atomic E-state index is 4.49. The standard InChI is InChI=1S/C40H26N4/c1-3-9-27(10-4-1)29-13-7-15-31(21-29)43(32-16-8-14-30(22-32)28-11-5-2-6-12-28)33-23-36-34-17-19-41-25-38(34)44-39-26-42-20-18-35(39)37(24-33)40(36)44/h1-26H. The molecule has 4 heteroatoms. The maximum Gasteiger partial charge on any atom is 0.0725 e. The number of rotatable bonds is 5. The Hall–Kier alpha value is -6.00. The molecule has 0 saturated heterocycles. The monoisotopic (exact) mass is 562 g/mol. The molecule has 0 aliphatic heterocycles. The highest BCUT2D eigenvalue weighted by Gasteiger charge is 2.22. The summed E-state index contributed by atoms with van der Waals surface area (Å²) in [6, 6.07) is 47.7. The largest absolute Gasteiger partial charge is 0.310 e. The van der Waals surface area contributed by atoms with Crippen LogP contribution in [0.3, 0.4) is 0 Å². The lowest BCUT2D eigenvalue weighted by molar-refractivity contribution is 1.27. The number of benzene rings is 5. The molecule has 4 nitrogen and oxygen atoms in total. The quantitative estimate of drug-likeness (QED) is 0.209. The molecule has 0 atom stereocenters. The summed E-state index contributed by atoms with van der Waals surface area (Å²) in [5, 5.41) is 4.77. The van der Waals surface area contributed by atoms with Gasteiger partial charge in [-0.3, -0.25) is 9.97 Å². The summed E-state index contributed by atoms with van der Waals surface area (Å²) in [5.41, 5.74) is 11.4. The van der Waals surface area contributed by atoms with Crippen molar-refractivity contribution in [2.24, 2.45) is 0 Å². The van der Waals surface area contributed by atoms with E-state index in [1.54, 1.807) is 0 Å². The van der Waals surface area contributed by atoms with Crippen LogP contribution < -0.4 is 4.90 Å². The highest BCUT2D eigenvalue weighted by Crippen LogP contribution is 2.45. The maximum atomic E-state index is 4.49. The highest BCUT2D eigenvalue weighted by molar-refractivity contribution is 6.24. The highest BCUT2D eigenvalue weighted by atomic mass is 15.1. The minimum Gasteiger partial charge on any atom is -0.310 e. The molecule has 206 valence electrons. The van der Waals surface area contributed by atoms with Gasteiger partial charge in [0.05, 0.1) is 28.9 Å². The lowest BCUT2D eigenvalue weighted by atomic mass is 10.0. The summed E-state index contributed by atoms with van der Waals surface area (Å²) >= 11 is 0. The third-order valence-corrected chi connectivity index (χ3v) is 8.66. The molecule has 9 rings (SSSR count). The van der Waals surface area contributed by atoms with Crippen molar-refractivity contribution in [1.29, 1.82) is 0 Å². The van der Waals surface area contributed by atoms with E-state index < -0.39 is 0 Å². The van der Waals surface area contributed by atoms with Crippen molar-refractivity contribution >= 4 is 55.2 Å². The second-order valence-electron chi connectivity index (χ2n) is 11.2. The molecular formula is C40H26N4. The fourth-order valence-electron chi connectivity index (χ4n) is 6.71. The molecule has 0 radical (unpaired) electrons. The number of hydrogen-bond donors (Lipinski definition) is 0. The molecule has 0 amide bonds. The van der Waals surface area contributed by atoms with Crippen LogP contribution in [0.15, 0.2) is 158 Å². The van der Waals surface area contributed by atoms with E-state index in [1.807, 2.05) is 24.8 Å². The molecular weight excluding hydrogens is 536 g/mol. The predicted molar refractivity (Wildman–Crippen MR) is 182 cm³/mol. The summed E-state index contributed by atoms with van der Waals surface area (Å²) in [5.74, 6) is 0. The van der Waals surface area contributed by atoms with Gasteiger partial charge in [-0.1, -0.05) is 84.9 Å². The molecule has 0 N–H and O–H groups in total. The smallest absolute Gasteiger partial charge is 0.0725 e. The van der Waals surface area contributed by atoms with Crippen LogP contribution in [0.4, 0.5) is 17.1 Å². The van der Waals surface area contributed by atoms with Crippen LogP contribution >= 0.6 is 0 Å². The fourth-order valence-corrected chi connectivity index (χ4v) is 6.71. The summed E-state index contributed by atoms with van der Waals surface area (Å²) in [4.78, 5) is 11.4. The van der Waals surface area contributed by atoms with Gasteiger partial charge in [-0.2, -0.15) is 0 Å². The zero-order valence-electron chi connectivity index (χ0n) is 23.8. The number of hydrogen-bond acceptors (Lipinski definition) is 3. The molecule has 0 bridgehead atoms. The van der Waals surface area contributed by atoms with E-state index in [0.29, 0.717) is 0 Å². The molecule has 4 aromatic heterocycles. The van der Waals surface area contributed by atoms with Crippen molar-refractivity contribution in [3.8, 4) is 22.3 Å². The Bertz CT molecular complexity index is 2280. The number of pyridine rings is 2. The molecule has 0 spiro atoms. The van der Waals surface area contributed by atoms with E-state index in [9.17, 15) is 0 Å². The molecule has 5 aromatic carbocycles. The van der Waals surface area contributed by atoms with Gasteiger partial charge in [-0.05, 0) is 70.8 Å². The molecule has 0 aliphatic carbocycles. The Balaban J connectivity index is 1.34. The van der Waals surface area contributed by atoms with E-state index in [0.717, 1.165) is 28.1 Å². The predicted octanol–water partition coefficient (Wildman–Crippen LogP) is 10.4. The van der Waals surface area contributed by atoms with Crippen LogP contribution in [-0.4, -0.2) is 14.4 Å². The number of aromatic nitrogens is 3. The zero-order valence-corrected chi connectivity index (χ0v) is 23.8. The Morgan fingerprint density at radius 2 is 0.886 bits per heavy atom. The first kappa shape index (κ1) is 24.6. The summed E-state index contributed by atoms with van der Waals surface area (Å²) in [6.45, 7) is 0. The van der Waals surface area contributed by atoms with Crippen LogP contribution in [0.2, 0.25) is 0 Å². The van der Waals surface area contributed by atoms with Crippen LogP contribution in [-0.2, 0) is 0 Å². The van der Waals surface area contributed by atoms with Gasteiger partial charge in [0.1, 0.15) is 0 Å². The van der Waals surface area contributed by atoms with E-state index in [1.165, 1.54) is 49.3 Å². The fraction of sp³-hybridized carbons (Fsp3) is 0. The first-order valence-electron chi connectivity index (χ1n) is 14.8. The minimum absolute atomic E-state index is 1.09. The van der Waals surface area contributed by atoms with Gasteiger partial charge in [0.15, 0.2) is 0 Å². The van der Waals surface area contributed by atoms with Gasteiger partial charge in [0.2, 0.25) is 0 Å². The summed E-state index contributed by atoms with van der Waals surface area (Å²) < 4.78 is 2.31. The Morgan fingerprint density at radius 1 is 0.409 bits per heavy atom. The van der Waals surface area contributed by atoms with E-state index in [4.69, 9.17) is 0 Å². The second-order valence-corrected chi connectivity index (χ2v) is 11.2. The van der Waals surface area contributed by atoms with Crippen molar-refractivity contribution in [3.05, 3.63) is 158 Å². The lowest BCUT2D eigenvalue weighted by Crippen LogP contribution is -2.10. The van der Waals surface area contributed by atoms with Gasteiger partial charge < -0.3 is 9.30 Å². The van der Waals surface area contributed by atoms with Crippen molar-refractivity contribution in [3.63, 3.8) is 0 Å². The van der Waals surface area contributed by atoms with Crippen molar-refractivity contribution in [1.82, 2.24) is 14.4 Å². The molecule has 9 aromatic rings. The topological polar surface area (TPSA) is 33.4 Å².